The molecule has 0 saturated carbocycles. The van der Waals surface area contributed by atoms with Crippen LogP contribution in [0, 0.1) is 0 Å². The van der Waals surface area contributed by atoms with Crippen molar-refractivity contribution >= 4 is 23.2 Å². The summed E-state index contributed by atoms with van der Waals surface area (Å²) in [7, 11) is 0. The second-order valence-electron chi connectivity index (χ2n) is 5.18. The molecule has 5 heteroatoms. The summed E-state index contributed by atoms with van der Waals surface area (Å²) in [5.41, 5.74) is 0.596. The molecule has 1 N–H and O–H groups in total. The maximum atomic E-state index is 12.2. The lowest BCUT2D eigenvalue weighted by Gasteiger charge is -2.28. The number of carbonyl (C=O) groups is 1. The van der Waals surface area contributed by atoms with Crippen LogP contribution >= 0.6 is 12.2 Å². The predicted octanol–water partition coefficient (Wildman–Crippen LogP) is 2.98. The number of ether oxygens (including phenoxy) is 1. The zero-order valence-corrected chi connectivity index (χ0v) is 13.2. The molecule has 1 aromatic rings. The molecule has 1 saturated heterocycles. The van der Waals surface area contributed by atoms with Gasteiger partial charge in [-0.05, 0) is 62.2 Å². The first-order valence-electron chi connectivity index (χ1n) is 7.54. The molecule has 1 fully saturated rings. The van der Waals surface area contributed by atoms with Crippen molar-refractivity contribution in [3.05, 3.63) is 29.8 Å². The first-order valence-corrected chi connectivity index (χ1v) is 7.94. The van der Waals surface area contributed by atoms with Crippen LogP contribution in [0.4, 0.5) is 0 Å². The molecular weight excluding hydrogens is 284 g/mol. The van der Waals surface area contributed by atoms with Gasteiger partial charge in [0, 0.05) is 18.7 Å². The van der Waals surface area contributed by atoms with Crippen molar-refractivity contribution in [2.75, 3.05) is 19.7 Å². The van der Waals surface area contributed by atoms with E-state index in [1.807, 2.05) is 12.1 Å². The molecule has 0 spiro atoms. The van der Waals surface area contributed by atoms with Crippen molar-refractivity contribution in [3.8, 4) is 5.75 Å². The molecular formula is C16H22N2O2S. The van der Waals surface area contributed by atoms with Crippen molar-refractivity contribution in [2.24, 2.45) is 0 Å². The molecule has 1 aliphatic rings. The molecule has 0 atom stereocenters. The average molecular weight is 306 g/mol. The lowest BCUT2D eigenvalue weighted by atomic mass is 10.1. The SMILES string of the molecule is CCCOc1ccc(C(=O)NC(=S)N2CCCCC2)cc1. The Hall–Kier alpha value is -1.62. The molecule has 0 aliphatic carbocycles. The van der Waals surface area contributed by atoms with Crippen LogP contribution in [0.2, 0.25) is 0 Å². The summed E-state index contributed by atoms with van der Waals surface area (Å²) < 4.78 is 5.50. The van der Waals surface area contributed by atoms with Gasteiger partial charge in [0.15, 0.2) is 5.11 Å². The first kappa shape index (κ1) is 15.8. The highest BCUT2D eigenvalue weighted by atomic mass is 32.1. The second kappa shape index (κ2) is 7.98. The number of amides is 1. The Balaban J connectivity index is 1.88. The van der Waals surface area contributed by atoms with E-state index in [4.69, 9.17) is 17.0 Å². The molecule has 0 radical (unpaired) electrons. The van der Waals surface area contributed by atoms with Gasteiger partial charge in [-0.15, -0.1) is 0 Å². The predicted molar refractivity (Wildman–Crippen MR) is 87.7 cm³/mol. The highest BCUT2D eigenvalue weighted by Crippen LogP contribution is 2.13. The molecule has 1 aromatic carbocycles. The van der Waals surface area contributed by atoms with Crippen molar-refractivity contribution < 1.29 is 9.53 Å². The van der Waals surface area contributed by atoms with Crippen LogP contribution in [0.1, 0.15) is 43.0 Å². The van der Waals surface area contributed by atoms with Gasteiger partial charge in [-0.3, -0.25) is 10.1 Å². The van der Waals surface area contributed by atoms with Gasteiger partial charge in [-0.2, -0.15) is 0 Å². The van der Waals surface area contributed by atoms with E-state index in [0.717, 1.165) is 38.1 Å². The Morgan fingerprint density at radius 3 is 2.52 bits per heavy atom. The van der Waals surface area contributed by atoms with Crippen LogP contribution in [-0.4, -0.2) is 35.6 Å². The van der Waals surface area contributed by atoms with Crippen LogP contribution in [0.15, 0.2) is 24.3 Å². The van der Waals surface area contributed by atoms with Gasteiger partial charge < -0.3 is 9.64 Å². The Morgan fingerprint density at radius 2 is 1.90 bits per heavy atom. The molecule has 1 aliphatic heterocycles. The maximum absolute atomic E-state index is 12.2. The summed E-state index contributed by atoms with van der Waals surface area (Å²) in [6.45, 7) is 4.61. The maximum Gasteiger partial charge on any atom is 0.257 e. The number of thiocarbonyl (C=S) groups is 1. The quantitative estimate of drug-likeness (QED) is 0.868. The topological polar surface area (TPSA) is 41.6 Å². The minimum Gasteiger partial charge on any atom is -0.494 e. The minimum atomic E-state index is -0.160. The normalized spacial score (nSPS) is 14.6. The number of nitrogens with one attached hydrogen (secondary N) is 1. The van der Waals surface area contributed by atoms with E-state index in [1.165, 1.54) is 6.42 Å². The molecule has 2 rings (SSSR count). The average Bonchev–Trinajstić information content (AvgIpc) is 2.54. The Labute approximate surface area is 131 Å². The molecule has 0 unspecified atom stereocenters. The molecule has 21 heavy (non-hydrogen) atoms. The van der Waals surface area contributed by atoms with Crippen molar-refractivity contribution in [2.45, 2.75) is 32.6 Å². The van der Waals surface area contributed by atoms with Crippen molar-refractivity contribution in [3.63, 3.8) is 0 Å². The Bertz CT molecular complexity index is 482. The van der Waals surface area contributed by atoms with E-state index >= 15 is 0 Å². The highest BCUT2D eigenvalue weighted by Gasteiger charge is 2.16. The number of likely N-dealkylation sites (tertiary alicyclic amines) is 1. The zero-order valence-electron chi connectivity index (χ0n) is 12.4. The Morgan fingerprint density at radius 1 is 1.24 bits per heavy atom. The fourth-order valence-electron chi connectivity index (χ4n) is 2.27. The smallest absolute Gasteiger partial charge is 0.257 e. The lowest BCUT2D eigenvalue weighted by molar-refractivity contribution is 0.0972. The minimum absolute atomic E-state index is 0.160. The van der Waals surface area contributed by atoms with Crippen LogP contribution in [0.3, 0.4) is 0 Å². The molecule has 1 heterocycles. The fraction of sp³-hybridized carbons (Fsp3) is 0.500. The number of piperidine rings is 1. The van der Waals surface area contributed by atoms with E-state index < -0.39 is 0 Å². The number of nitrogens with zero attached hydrogens (tertiary/aromatic N) is 1. The van der Waals surface area contributed by atoms with Crippen LogP contribution in [0.5, 0.6) is 5.75 Å². The molecule has 1 amide bonds. The number of hydrogen-bond acceptors (Lipinski definition) is 3. The van der Waals surface area contributed by atoms with Gasteiger partial charge in [0.05, 0.1) is 6.61 Å². The third-order valence-electron chi connectivity index (χ3n) is 3.45. The monoisotopic (exact) mass is 306 g/mol. The summed E-state index contributed by atoms with van der Waals surface area (Å²) in [4.78, 5) is 14.2. The lowest BCUT2D eigenvalue weighted by Crippen LogP contribution is -2.44. The van der Waals surface area contributed by atoms with Gasteiger partial charge in [0.1, 0.15) is 5.75 Å². The zero-order chi connectivity index (χ0) is 15.1. The van der Waals surface area contributed by atoms with E-state index in [9.17, 15) is 4.79 Å². The molecule has 0 aromatic heterocycles. The summed E-state index contributed by atoms with van der Waals surface area (Å²) in [6.07, 6.45) is 4.48. The standard InChI is InChI=1S/C16H22N2O2S/c1-2-12-20-14-8-6-13(7-9-14)15(19)17-16(21)18-10-4-3-5-11-18/h6-9H,2-5,10-12H2,1H3,(H,17,19,21). The second-order valence-corrected chi connectivity index (χ2v) is 5.57. The molecule has 0 bridgehead atoms. The van der Waals surface area contributed by atoms with Gasteiger partial charge in [0.25, 0.3) is 5.91 Å². The Kier molecular flexibility index (Phi) is 5.99. The van der Waals surface area contributed by atoms with Gasteiger partial charge in [-0.25, -0.2) is 0 Å². The van der Waals surface area contributed by atoms with Gasteiger partial charge >= 0.3 is 0 Å². The molecule has 114 valence electrons. The summed E-state index contributed by atoms with van der Waals surface area (Å²) in [5, 5.41) is 3.34. The first-order chi connectivity index (χ1) is 10.2. The van der Waals surface area contributed by atoms with Crippen molar-refractivity contribution in [1.29, 1.82) is 0 Å². The third kappa shape index (κ3) is 4.70. The van der Waals surface area contributed by atoms with E-state index in [0.29, 0.717) is 17.3 Å². The summed E-state index contributed by atoms with van der Waals surface area (Å²) >= 11 is 5.30. The van der Waals surface area contributed by atoms with E-state index in [-0.39, 0.29) is 5.91 Å². The third-order valence-corrected chi connectivity index (χ3v) is 3.81. The van der Waals surface area contributed by atoms with Crippen LogP contribution in [-0.2, 0) is 0 Å². The van der Waals surface area contributed by atoms with Gasteiger partial charge in [0.2, 0.25) is 0 Å². The fourth-order valence-corrected chi connectivity index (χ4v) is 2.54. The summed E-state index contributed by atoms with van der Waals surface area (Å²) in [6, 6.07) is 7.15. The summed E-state index contributed by atoms with van der Waals surface area (Å²) in [5.74, 6) is 0.625. The van der Waals surface area contributed by atoms with E-state index in [1.54, 1.807) is 12.1 Å². The number of rotatable bonds is 4. The van der Waals surface area contributed by atoms with Crippen LogP contribution < -0.4 is 10.1 Å². The largest absolute Gasteiger partial charge is 0.494 e. The number of hydrogen-bond donors (Lipinski definition) is 1. The molecule has 4 nitrogen and oxygen atoms in total. The highest BCUT2D eigenvalue weighted by molar-refractivity contribution is 7.80. The van der Waals surface area contributed by atoms with Crippen molar-refractivity contribution in [1.82, 2.24) is 10.2 Å². The number of carbonyl (C=O) groups excluding carboxylic acids is 1. The van der Waals surface area contributed by atoms with Crippen LogP contribution in [0.25, 0.3) is 0 Å². The van der Waals surface area contributed by atoms with E-state index in [2.05, 4.69) is 17.1 Å². The van der Waals surface area contributed by atoms with Gasteiger partial charge in [-0.1, -0.05) is 6.92 Å². The number of benzene rings is 1.